The van der Waals surface area contributed by atoms with E-state index in [9.17, 15) is 30.3 Å². The Morgan fingerprint density at radius 2 is 0.829 bits per heavy atom. The van der Waals surface area contributed by atoms with Crippen LogP contribution in [-0.4, -0.2) is 87.5 Å². The molecule has 440 valence electrons. The van der Waals surface area contributed by atoms with Gasteiger partial charge in [-0.25, -0.2) is 0 Å². The lowest BCUT2D eigenvalue weighted by molar-refractivity contribution is -0.302. The number of unbranched alkanes of at least 4 members (excludes halogenated alkanes) is 32. The second-order valence-electron chi connectivity index (χ2n) is 21.8. The third kappa shape index (κ3) is 44.2. The highest BCUT2D eigenvalue weighted by atomic mass is 16.7. The van der Waals surface area contributed by atoms with Crippen molar-refractivity contribution in [2.45, 2.75) is 320 Å². The molecule has 0 aliphatic carbocycles. The van der Waals surface area contributed by atoms with Crippen molar-refractivity contribution in [2.24, 2.45) is 0 Å². The van der Waals surface area contributed by atoms with Crippen LogP contribution in [0.1, 0.15) is 277 Å². The van der Waals surface area contributed by atoms with Gasteiger partial charge >= 0.3 is 0 Å². The number of hydrogen-bond donors (Lipinski definition) is 6. The highest BCUT2D eigenvalue weighted by molar-refractivity contribution is 5.76. The van der Waals surface area contributed by atoms with Gasteiger partial charge in [0.05, 0.1) is 25.4 Å². The molecule has 0 aromatic carbocycles. The minimum atomic E-state index is -1.57. The zero-order chi connectivity index (χ0) is 55.0. The number of hydrogen-bond acceptors (Lipinski definition) is 8. The van der Waals surface area contributed by atoms with Crippen molar-refractivity contribution in [1.82, 2.24) is 5.32 Å². The molecule has 9 nitrogen and oxygen atoms in total. The zero-order valence-corrected chi connectivity index (χ0v) is 49.0. The molecule has 0 saturated carbocycles. The van der Waals surface area contributed by atoms with Gasteiger partial charge in [0.25, 0.3) is 0 Å². The Morgan fingerprint density at radius 3 is 1.26 bits per heavy atom. The summed E-state index contributed by atoms with van der Waals surface area (Å²) in [6.07, 6.45) is 72.6. The lowest BCUT2D eigenvalue weighted by Crippen LogP contribution is -2.60. The van der Waals surface area contributed by atoms with Crippen LogP contribution in [0, 0.1) is 0 Å². The Hall–Kier alpha value is -2.63. The normalized spacial score (nSPS) is 19.4. The molecule has 9 heteroatoms. The lowest BCUT2D eigenvalue weighted by Gasteiger charge is -2.40. The van der Waals surface area contributed by atoms with Crippen molar-refractivity contribution in [2.75, 3.05) is 13.2 Å². The Kier molecular flexibility index (Phi) is 52.3. The maximum absolute atomic E-state index is 13.1. The number of allylic oxidation sites excluding steroid dienone is 13. The van der Waals surface area contributed by atoms with Crippen LogP contribution in [0.4, 0.5) is 0 Å². The number of aliphatic hydroxyl groups is 5. The minimum absolute atomic E-state index is 0.185. The van der Waals surface area contributed by atoms with E-state index in [4.69, 9.17) is 9.47 Å². The van der Waals surface area contributed by atoms with Gasteiger partial charge in [0.15, 0.2) is 6.29 Å². The highest BCUT2D eigenvalue weighted by Gasteiger charge is 2.44. The topological polar surface area (TPSA) is 149 Å². The van der Waals surface area contributed by atoms with Crippen molar-refractivity contribution < 1.29 is 39.8 Å². The minimum Gasteiger partial charge on any atom is -0.394 e. The molecule has 0 radical (unpaired) electrons. The summed E-state index contributed by atoms with van der Waals surface area (Å²) in [5.41, 5.74) is 0. The number of carbonyl (C=O) groups is 1. The summed E-state index contributed by atoms with van der Waals surface area (Å²) in [7, 11) is 0. The highest BCUT2D eigenvalue weighted by Crippen LogP contribution is 2.23. The summed E-state index contributed by atoms with van der Waals surface area (Å²) < 4.78 is 11.3. The van der Waals surface area contributed by atoms with Gasteiger partial charge in [-0.1, -0.05) is 279 Å². The fourth-order valence-corrected chi connectivity index (χ4v) is 9.73. The van der Waals surface area contributed by atoms with Crippen LogP contribution in [0.25, 0.3) is 0 Å². The number of rotatable bonds is 54. The van der Waals surface area contributed by atoms with Gasteiger partial charge in [-0.05, 0) is 77.0 Å². The molecular formula is C67H119NO8. The predicted octanol–water partition coefficient (Wildman–Crippen LogP) is 16.6. The SMILES string of the molecule is CC/C=C\C/C=C\C/C=C\C/C=C\C/C=C\CCCCCCCCCCCCCCCCCCCCCCCCCC(=O)NC(COC1OC(CO)C(O)C(O)C1O)C(O)/C=C/CC/C=C/CCCCCCCCCC. The number of nitrogens with one attached hydrogen (secondary N) is 1. The maximum Gasteiger partial charge on any atom is 0.220 e. The van der Waals surface area contributed by atoms with Gasteiger partial charge in [0, 0.05) is 6.42 Å². The molecule has 6 N–H and O–H groups in total. The lowest BCUT2D eigenvalue weighted by atomic mass is 9.99. The van der Waals surface area contributed by atoms with E-state index in [0.29, 0.717) is 6.42 Å². The number of ether oxygens (including phenoxy) is 2. The first-order chi connectivity index (χ1) is 37.3. The molecule has 1 aliphatic rings. The Labute approximate surface area is 467 Å². The van der Waals surface area contributed by atoms with E-state index in [1.165, 1.54) is 186 Å². The van der Waals surface area contributed by atoms with Crippen LogP contribution in [0.15, 0.2) is 85.1 Å². The van der Waals surface area contributed by atoms with Crippen molar-refractivity contribution in [3.05, 3.63) is 85.1 Å². The summed E-state index contributed by atoms with van der Waals surface area (Å²) in [5.74, 6) is -0.185. The summed E-state index contributed by atoms with van der Waals surface area (Å²) in [6, 6.07) is -0.822. The van der Waals surface area contributed by atoms with Crippen molar-refractivity contribution in [3.8, 4) is 0 Å². The number of amides is 1. The van der Waals surface area contributed by atoms with Crippen LogP contribution in [0.5, 0.6) is 0 Å². The van der Waals surface area contributed by atoms with Gasteiger partial charge < -0.3 is 40.3 Å². The van der Waals surface area contributed by atoms with E-state index in [2.05, 4.69) is 92.1 Å². The first-order valence-corrected chi connectivity index (χ1v) is 31.8. The fourth-order valence-electron chi connectivity index (χ4n) is 9.73. The second-order valence-corrected chi connectivity index (χ2v) is 21.8. The molecule has 1 aliphatic heterocycles. The summed E-state index contributed by atoms with van der Waals surface area (Å²) in [4.78, 5) is 13.1. The molecule has 0 aromatic heterocycles. The average Bonchev–Trinajstić information content (AvgIpc) is 3.42. The first kappa shape index (κ1) is 71.4. The first-order valence-electron chi connectivity index (χ1n) is 31.8. The van der Waals surface area contributed by atoms with Crippen LogP contribution in [0.3, 0.4) is 0 Å². The third-order valence-electron chi connectivity index (χ3n) is 14.7. The molecule has 1 amide bonds. The van der Waals surface area contributed by atoms with Gasteiger partial charge in [0.2, 0.25) is 5.91 Å². The molecule has 0 aromatic rings. The monoisotopic (exact) mass is 1070 g/mol. The van der Waals surface area contributed by atoms with Crippen molar-refractivity contribution in [1.29, 1.82) is 0 Å². The molecule has 7 atom stereocenters. The van der Waals surface area contributed by atoms with Gasteiger partial charge in [0.1, 0.15) is 24.4 Å². The summed E-state index contributed by atoms with van der Waals surface area (Å²) in [6.45, 7) is 3.65. The van der Waals surface area contributed by atoms with E-state index < -0.39 is 49.5 Å². The zero-order valence-electron chi connectivity index (χ0n) is 49.0. The van der Waals surface area contributed by atoms with E-state index in [-0.39, 0.29) is 12.5 Å². The van der Waals surface area contributed by atoms with E-state index in [1.54, 1.807) is 6.08 Å². The molecule has 1 fully saturated rings. The van der Waals surface area contributed by atoms with Gasteiger partial charge in [-0.3, -0.25) is 4.79 Å². The molecule has 0 bridgehead atoms. The van der Waals surface area contributed by atoms with E-state index in [1.807, 2.05) is 6.08 Å². The molecule has 1 saturated heterocycles. The fraction of sp³-hybridized carbons (Fsp3) is 0.776. The molecule has 7 unspecified atom stereocenters. The third-order valence-corrected chi connectivity index (χ3v) is 14.7. The number of carbonyl (C=O) groups excluding carboxylic acids is 1. The van der Waals surface area contributed by atoms with Crippen molar-refractivity contribution in [3.63, 3.8) is 0 Å². The predicted molar refractivity (Wildman–Crippen MR) is 322 cm³/mol. The van der Waals surface area contributed by atoms with Gasteiger partial charge in [-0.2, -0.15) is 0 Å². The average molecular weight is 1070 g/mol. The van der Waals surface area contributed by atoms with Crippen molar-refractivity contribution >= 4 is 5.91 Å². The number of aliphatic hydroxyl groups excluding tert-OH is 5. The van der Waals surface area contributed by atoms with Crippen LogP contribution in [0.2, 0.25) is 0 Å². The van der Waals surface area contributed by atoms with Crippen LogP contribution < -0.4 is 5.32 Å². The standard InChI is InChI=1S/C67H119NO8/c1-3-5-7-9-11-13-15-17-19-20-21-22-23-24-25-26-27-28-29-30-31-32-33-34-35-36-37-38-39-40-41-42-43-45-47-49-51-53-55-57-63(71)68-60(59-75-67-66(74)65(73)64(72)62(58-69)76-67)61(70)56-54-52-50-48-46-44-18-16-14-12-10-8-6-4-2/h5,7,11,13,17,19,21-22,24-25,46,48,54,56,60-62,64-67,69-70,72-74H,3-4,6,8-10,12,14-16,18,20,23,26-45,47,49-53,55,57-59H2,1-2H3,(H,68,71)/b7-5-,13-11-,19-17-,22-21-,25-24-,48-46+,56-54+. The molecule has 76 heavy (non-hydrogen) atoms. The molecular weight excluding hydrogens is 947 g/mol. The maximum atomic E-state index is 13.1. The molecule has 1 heterocycles. The summed E-state index contributed by atoms with van der Waals surface area (Å²) >= 11 is 0. The smallest absolute Gasteiger partial charge is 0.220 e. The van der Waals surface area contributed by atoms with E-state index in [0.717, 1.165) is 70.6 Å². The van der Waals surface area contributed by atoms with Crippen LogP contribution >= 0.6 is 0 Å². The summed E-state index contributed by atoms with van der Waals surface area (Å²) in [5, 5.41) is 54.5. The quantitative estimate of drug-likeness (QED) is 0.0261. The van der Waals surface area contributed by atoms with E-state index >= 15 is 0 Å². The van der Waals surface area contributed by atoms with Crippen LogP contribution in [-0.2, 0) is 14.3 Å². The molecule has 0 spiro atoms. The Bertz CT molecular complexity index is 1470. The molecule has 1 rings (SSSR count). The Morgan fingerprint density at radius 1 is 0.461 bits per heavy atom. The Balaban J connectivity index is 2.06. The van der Waals surface area contributed by atoms with Gasteiger partial charge in [-0.15, -0.1) is 0 Å². The second kappa shape index (κ2) is 55.7. The largest absolute Gasteiger partial charge is 0.394 e.